The van der Waals surface area contributed by atoms with Crippen LogP contribution in [0.1, 0.15) is 5.56 Å². The van der Waals surface area contributed by atoms with Crippen LogP contribution in [0.5, 0.6) is 5.75 Å². The first-order valence-electron chi connectivity index (χ1n) is 6.18. The third-order valence-corrected chi connectivity index (χ3v) is 4.12. The van der Waals surface area contributed by atoms with Crippen molar-refractivity contribution in [1.82, 2.24) is 4.98 Å². The van der Waals surface area contributed by atoms with Gasteiger partial charge in [-0.05, 0) is 29.8 Å². The Labute approximate surface area is 120 Å². The molecular weight excluding hydrogens is 273 g/mol. The van der Waals surface area contributed by atoms with E-state index in [4.69, 9.17) is 0 Å². The Balaban J connectivity index is 1.85. The molecule has 0 saturated heterocycles. The highest BCUT2D eigenvalue weighted by molar-refractivity contribution is 7.98. The number of benzene rings is 2. The predicted molar refractivity (Wildman–Crippen MR) is 79.4 cm³/mol. The number of fused-ring (bicyclic) bond motifs is 1. The largest absolute Gasteiger partial charge is 0.505 e. The third-order valence-electron chi connectivity index (χ3n) is 3.00. The van der Waals surface area contributed by atoms with Gasteiger partial charge in [0.15, 0.2) is 11.6 Å². The molecule has 0 saturated carbocycles. The maximum atomic E-state index is 13.3. The van der Waals surface area contributed by atoms with E-state index in [-0.39, 0.29) is 5.75 Å². The first-order chi connectivity index (χ1) is 9.74. The topological polar surface area (TPSA) is 33.1 Å². The van der Waals surface area contributed by atoms with E-state index in [2.05, 4.69) is 4.98 Å². The van der Waals surface area contributed by atoms with Crippen molar-refractivity contribution < 1.29 is 9.50 Å². The first kappa shape index (κ1) is 12.9. The highest BCUT2D eigenvalue weighted by Gasteiger charge is 2.05. The third kappa shape index (κ3) is 2.60. The van der Waals surface area contributed by atoms with Crippen molar-refractivity contribution in [2.45, 2.75) is 10.6 Å². The summed E-state index contributed by atoms with van der Waals surface area (Å²) >= 11 is 1.61. The second-order valence-electron chi connectivity index (χ2n) is 4.41. The molecular formula is C16H12FNOS. The zero-order valence-electron chi connectivity index (χ0n) is 10.6. The number of rotatable bonds is 3. The standard InChI is InChI=1S/C16H12FNOS/c17-13-9-11(6-7-14(13)19)10-20-15-5-1-3-12-4-2-8-18-16(12)15/h1-9,19H,10H2. The number of aromatic hydroxyl groups is 1. The fourth-order valence-corrected chi connectivity index (χ4v) is 2.98. The second kappa shape index (κ2) is 5.51. The van der Waals surface area contributed by atoms with Gasteiger partial charge in [-0.25, -0.2) is 4.39 Å². The van der Waals surface area contributed by atoms with Crippen LogP contribution < -0.4 is 0 Å². The van der Waals surface area contributed by atoms with Gasteiger partial charge in [-0.1, -0.05) is 24.3 Å². The molecule has 1 aromatic heterocycles. The predicted octanol–water partition coefficient (Wildman–Crippen LogP) is 4.37. The van der Waals surface area contributed by atoms with E-state index in [9.17, 15) is 9.50 Å². The molecule has 0 bridgehead atoms. The number of pyridine rings is 1. The van der Waals surface area contributed by atoms with Crippen LogP contribution in [0.4, 0.5) is 4.39 Å². The van der Waals surface area contributed by atoms with Gasteiger partial charge < -0.3 is 5.11 Å². The number of aromatic nitrogens is 1. The average Bonchev–Trinajstić information content (AvgIpc) is 2.48. The van der Waals surface area contributed by atoms with E-state index in [0.717, 1.165) is 21.4 Å². The molecule has 0 fully saturated rings. The fourth-order valence-electron chi connectivity index (χ4n) is 1.99. The summed E-state index contributed by atoms with van der Waals surface area (Å²) in [7, 11) is 0. The lowest BCUT2D eigenvalue weighted by molar-refractivity contribution is 0.432. The number of para-hydroxylation sites is 1. The monoisotopic (exact) mass is 285 g/mol. The highest BCUT2D eigenvalue weighted by atomic mass is 32.2. The molecule has 20 heavy (non-hydrogen) atoms. The molecule has 0 aliphatic rings. The smallest absolute Gasteiger partial charge is 0.165 e. The minimum Gasteiger partial charge on any atom is -0.505 e. The van der Waals surface area contributed by atoms with Crippen LogP contribution in [0.2, 0.25) is 0 Å². The molecule has 0 spiro atoms. The van der Waals surface area contributed by atoms with Gasteiger partial charge in [0.1, 0.15) is 0 Å². The first-order valence-corrected chi connectivity index (χ1v) is 7.16. The Kier molecular flexibility index (Phi) is 3.56. The van der Waals surface area contributed by atoms with E-state index in [0.29, 0.717) is 5.75 Å². The van der Waals surface area contributed by atoms with Gasteiger partial charge in [-0.2, -0.15) is 0 Å². The number of phenols is 1. The van der Waals surface area contributed by atoms with Gasteiger partial charge in [0.25, 0.3) is 0 Å². The molecule has 0 radical (unpaired) electrons. The number of hydrogen-bond acceptors (Lipinski definition) is 3. The van der Waals surface area contributed by atoms with Crippen LogP contribution in [-0.4, -0.2) is 10.1 Å². The van der Waals surface area contributed by atoms with Crippen molar-refractivity contribution in [3.05, 3.63) is 66.1 Å². The maximum absolute atomic E-state index is 13.3. The van der Waals surface area contributed by atoms with E-state index < -0.39 is 5.82 Å². The van der Waals surface area contributed by atoms with Crippen molar-refractivity contribution in [3.63, 3.8) is 0 Å². The van der Waals surface area contributed by atoms with Crippen molar-refractivity contribution >= 4 is 22.7 Å². The lowest BCUT2D eigenvalue weighted by atomic mass is 10.2. The van der Waals surface area contributed by atoms with Gasteiger partial charge in [0.05, 0.1) is 5.52 Å². The molecule has 1 N–H and O–H groups in total. The summed E-state index contributed by atoms with van der Waals surface area (Å²) in [5.41, 5.74) is 1.79. The number of thioether (sulfide) groups is 1. The molecule has 0 atom stereocenters. The summed E-state index contributed by atoms with van der Waals surface area (Å²) in [6.45, 7) is 0. The van der Waals surface area contributed by atoms with E-state index in [1.165, 1.54) is 12.1 Å². The molecule has 100 valence electrons. The van der Waals surface area contributed by atoms with Gasteiger partial charge in [-0.3, -0.25) is 4.98 Å². The van der Waals surface area contributed by atoms with Crippen LogP contribution in [0.25, 0.3) is 10.9 Å². The summed E-state index contributed by atoms with van der Waals surface area (Å²) in [4.78, 5) is 5.46. The maximum Gasteiger partial charge on any atom is 0.165 e. The van der Waals surface area contributed by atoms with Gasteiger partial charge in [-0.15, -0.1) is 11.8 Å². The average molecular weight is 285 g/mol. The van der Waals surface area contributed by atoms with Crippen LogP contribution in [-0.2, 0) is 5.75 Å². The molecule has 0 amide bonds. The fraction of sp³-hybridized carbons (Fsp3) is 0.0625. The van der Waals surface area contributed by atoms with Crippen molar-refractivity contribution in [2.24, 2.45) is 0 Å². The lowest BCUT2D eigenvalue weighted by Gasteiger charge is -2.06. The number of halogens is 1. The minimum atomic E-state index is -0.584. The molecule has 2 nitrogen and oxygen atoms in total. The second-order valence-corrected chi connectivity index (χ2v) is 5.42. The molecule has 3 rings (SSSR count). The Morgan fingerprint density at radius 3 is 2.80 bits per heavy atom. The molecule has 3 aromatic rings. The molecule has 4 heteroatoms. The Hall–Kier alpha value is -2.07. The number of phenolic OH excluding ortho intramolecular Hbond substituents is 1. The number of hydrogen-bond donors (Lipinski definition) is 1. The Morgan fingerprint density at radius 1 is 1.10 bits per heavy atom. The molecule has 0 aliphatic heterocycles. The molecule has 0 unspecified atom stereocenters. The summed E-state index contributed by atoms with van der Waals surface area (Å²) in [5.74, 6) is -0.267. The van der Waals surface area contributed by atoms with Crippen molar-refractivity contribution in [3.8, 4) is 5.75 Å². The molecule has 1 heterocycles. The van der Waals surface area contributed by atoms with Crippen LogP contribution in [0.3, 0.4) is 0 Å². The highest BCUT2D eigenvalue weighted by Crippen LogP contribution is 2.29. The normalized spacial score (nSPS) is 10.8. The summed E-state index contributed by atoms with van der Waals surface area (Å²) < 4.78 is 13.3. The quantitative estimate of drug-likeness (QED) is 0.725. The van der Waals surface area contributed by atoms with Crippen molar-refractivity contribution in [2.75, 3.05) is 0 Å². The van der Waals surface area contributed by atoms with Gasteiger partial charge in [0, 0.05) is 22.2 Å². The van der Waals surface area contributed by atoms with Gasteiger partial charge in [0.2, 0.25) is 0 Å². The zero-order valence-corrected chi connectivity index (χ0v) is 11.4. The SMILES string of the molecule is Oc1ccc(CSc2cccc3cccnc23)cc1F. The summed E-state index contributed by atoms with van der Waals surface area (Å²) in [6.07, 6.45) is 1.77. The lowest BCUT2D eigenvalue weighted by Crippen LogP contribution is -1.86. The van der Waals surface area contributed by atoms with E-state index in [1.807, 2.05) is 30.3 Å². The minimum absolute atomic E-state index is 0.314. The molecule has 2 aromatic carbocycles. The number of nitrogens with zero attached hydrogens (tertiary/aromatic N) is 1. The summed E-state index contributed by atoms with van der Waals surface area (Å²) in [5, 5.41) is 10.3. The van der Waals surface area contributed by atoms with Gasteiger partial charge >= 0.3 is 0 Å². The van der Waals surface area contributed by atoms with Crippen molar-refractivity contribution in [1.29, 1.82) is 0 Å². The van der Waals surface area contributed by atoms with E-state index >= 15 is 0 Å². The Morgan fingerprint density at radius 2 is 1.95 bits per heavy atom. The summed E-state index contributed by atoms with van der Waals surface area (Å²) in [6, 6.07) is 14.4. The molecule has 0 aliphatic carbocycles. The van der Waals surface area contributed by atoms with E-state index in [1.54, 1.807) is 24.0 Å². The van der Waals surface area contributed by atoms with Crippen LogP contribution in [0, 0.1) is 5.82 Å². The van der Waals surface area contributed by atoms with Crippen LogP contribution >= 0.6 is 11.8 Å². The Bertz CT molecular complexity index is 755. The van der Waals surface area contributed by atoms with Crippen LogP contribution in [0.15, 0.2) is 59.6 Å². The zero-order chi connectivity index (χ0) is 13.9.